The van der Waals surface area contributed by atoms with E-state index < -0.39 is 0 Å². The Hall–Kier alpha value is -0.390. The summed E-state index contributed by atoms with van der Waals surface area (Å²) >= 11 is 7.02. The van der Waals surface area contributed by atoms with Gasteiger partial charge in [0.25, 0.3) is 0 Å². The molecular weight excluding hydrogens is 256 g/mol. The van der Waals surface area contributed by atoms with E-state index in [1.54, 1.807) is 0 Å². The highest BCUT2D eigenvalue weighted by atomic mass is 35.5. The van der Waals surface area contributed by atoms with Crippen molar-refractivity contribution in [3.05, 3.63) is 5.15 Å². The zero-order valence-electron chi connectivity index (χ0n) is 10.7. The number of aromatic nitrogens is 2. The van der Waals surface area contributed by atoms with Gasteiger partial charge in [-0.15, -0.1) is 0 Å². The molecule has 17 heavy (non-hydrogen) atoms. The van der Waals surface area contributed by atoms with Crippen molar-refractivity contribution in [3.8, 4) is 0 Å². The van der Waals surface area contributed by atoms with Crippen LogP contribution in [0, 0.1) is 0 Å². The van der Waals surface area contributed by atoms with Crippen LogP contribution in [0.4, 0.5) is 5.82 Å². The van der Waals surface area contributed by atoms with Crippen molar-refractivity contribution in [1.82, 2.24) is 13.6 Å². The quantitative estimate of drug-likeness (QED) is 0.792. The van der Waals surface area contributed by atoms with Crippen LogP contribution in [0.1, 0.15) is 33.6 Å². The number of rotatable bonds is 8. The molecule has 0 bridgehead atoms. The maximum Gasteiger partial charge on any atom is 0.186 e. The first-order valence-electron chi connectivity index (χ1n) is 6.14. The number of halogens is 1. The molecule has 0 aliphatic carbocycles. The first-order valence-corrected chi connectivity index (χ1v) is 7.25. The van der Waals surface area contributed by atoms with E-state index in [1.165, 1.54) is 6.42 Å². The van der Waals surface area contributed by atoms with Crippen molar-refractivity contribution in [2.24, 2.45) is 0 Å². The zero-order valence-corrected chi connectivity index (χ0v) is 12.3. The zero-order chi connectivity index (χ0) is 12.7. The molecule has 0 spiro atoms. The van der Waals surface area contributed by atoms with E-state index in [2.05, 4.69) is 39.7 Å². The fourth-order valence-electron chi connectivity index (χ4n) is 1.73. The van der Waals surface area contributed by atoms with Gasteiger partial charge < -0.3 is 10.2 Å². The first-order chi connectivity index (χ1) is 8.17. The van der Waals surface area contributed by atoms with E-state index >= 15 is 0 Å². The van der Waals surface area contributed by atoms with Gasteiger partial charge >= 0.3 is 0 Å². The Labute approximate surface area is 113 Å². The number of anilines is 1. The smallest absolute Gasteiger partial charge is 0.186 e. The van der Waals surface area contributed by atoms with E-state index in [-0.39, 0.29) is 0 Å². The van der Waals surface area contributed by atoms with Gasteiger partial charge in [-0.3, -0.25) is 0 Å². The molecule has 1 atom stereocenters. The summed E-state index contributed by atoms with van der Waals surface area (Å²) in [6.45, 7) is 9.96. The predicted molar refractivity (Wildman–Crippen MR) is 75.0 cm³/mol. The number of hydrogen-bond donors (Lipinski definition) is 1. The van der Waals surface area contributed by atoms with Crippen LogP contribution in [-0.4, -0.2) is 39.3 Å². The monoisotopic (exact) mass is 276 g/mol. The van der Waals surface area contributed by atoms with Gasteiger partial charge in [-0.05, 0) is 39.4 Å². The van der Waals surface area contributed by atoms with Gasteiger partial charge in [0.1, 0.15) is 0 Å². The predicted octanol–water partition coefficient (Wildman–Crippen LogP) is 3.11. The second-order valence-corrected chi connectivity index (χ2v) is 5.00. The minimum absolute atomic E-state index is 0.381. The summed E-state index contributed by atoms with van der Waals surface area (Å²) in [7, 11) is 0. The maximum absolute atomic E-state index is 5.88. The van der Waals surface area contributed by atoms with E-state index in [0.29, 0.717) is 17.0 Å². The highest BCUT2D eigenvalue weighted by Gasteiger charge is 2.09. The minimum atomic E-state index is 0.381. The van der Waals surface area contributed by atoms with Crippen LogP contribution in [0.25, 0.3) is 0 Å². The molecule has 0 radical (unpaired) electrons. The van der Waals surface area contributed by atoms with Crippen molar-refractivity contribution < 1.29 is 0 Å². The van der Waals surface area contributed by atoms with Gasteiger partial charge in [0.05, 0.1) is 11.7 Å². The summed E-state index contributed by atoms with van der Waals surface area (Å²) in [5.74, 6) is 0.715. The third-order valence-corrected chi connectivity index (χ3v) is 3.73. The molecule has 0 aliphatic heterocycles. The van der Waals surface area contributed by atoms with Crippen molar-refractivity contribution in [1.29, 1.82) is 0 Å². The lowest BCUT2D eigenvalue weighted by molar-refractivity contribution is 0.295. The summed E-state index contributed by atoms with van der Waals surface area (Å²) in [6.07, 6.45) is 2.30. The number of nitrogens with one attached hydrogen (secondary N) is 1. The largest absolute Gasteiger partial charge is 0.364 e. The molecule has 4 nitrogen and oxygen atoms in total. The number of nitrogens with zero attached hydrogens (tertiary/aromatic N) is 3. The Balaban J connectivity index is 2.21. The lowest BCUT2D eigenvalue weighted by Gasteiger charge is -2.19. The second kappa shape index (κ2) is 7.84. The first kappa shape index (κ1) is 14.7. The van der Waals surface area contributed by atoms with Crippen LogP contribution in [-0.2, 0) is 0 Å². The highest BCUT2D eigenvalue weighted by Crippen LogP contribution is 2.19. The highest BCUT2D eigenvalue weighted by molar-refractivity contribution is 6.99. The molecule has 1 aromatic heterocycles. The van der Waals surface area contributed by atoms with Gasteiger partial charge in [0, 0.05) is 6.04 Å². The fourth-order valence-corrected chi connectivity index (χ4v) is 2.39. The lowest BCUT2D eigenvalue weighted by atomic mass is 10.2. The molecule has 1 rings (SSSR count). The lowest BCUT2D eigenvalue weighted by Crippen LogP contribution is -2.25. The van der Waals surface area contributed by atoms with Crippen molar-refractivity contribution >= 4 is 29.1 Å². The van der Waals surface area contributed by atoms with E-state index in [1.807, 2.05) is 0 Å². The Bertz CT molecular complexity index is 314. The Morgan fingerprint density at radius 1 is 1.35 bits per heavy atom. The van der Waals surface area contributed by atoms with Crippen molar-refractivity contribution in [3.63, 3.8) is 0 Å². The van der Waals surface area contributed by atoms with E-state index in [0.717, 1.165) is 37.8 Å². The molecule has 98 valence electrons. The molecular formula is C11H21ClN4S. The average molecular weight is 277 g/mol. The van der Waals surface area contributed by atoms with Gasteiger partial charge in [0.2, 0.25) is 0 Å². The van der Waals surface area contributed by atoms with Crippen LogP contribution in [0.5, 0.6) is 0 Å². The van der Waals surface area contributed by atoms with Gasteiger partial charge in [-0.1, -0.05) is 25.4 Å². The van der Waals surface area contributed by atoms with Crippen molar-refractivity contribution in [2.45, 2.75) is 39.7 Å². The van der Waals surface area contributed by atoms with Crippen LogP contribution < -0.4 is 5.32 Å². The summed E-state index contributed by atoms with van der Waals surface area (Å²) in [4.78, 5) is 2.43. The topological polar surface area (TPSA) is 41.0 Å². The third-order valence-electron chi connectivity index (χ3n) is 2.84. The average Bonchev–Trinajstić information content (AvgIpc) is 2.71. The molecule has 0 amide bonds. The summed E-state index contributed by atoms with van der Waals surface area (Å²) in [5.41, 5.74) is 0. The van der Waals surface area contributed by atoms with Gasteiger partial charge in [-0.2, -0.15) is 8.75 Å². The molecule has 0 fully saturated rings. The molecule has 0 saturated carbocycles. The number of hydrogen-bond acceptors (Lipinski definition) is 5. The normalized spacial score (nSPS) is 13.0. The van der Waals surface area contributed by atoms with E-state index in [4.69, 9.17) is 11.6 Å². The SMILES string of the molecule is CCN(CC)CCCC(C)Nc1nsnc1Cl. The molecule has 0 aliphatic rings. The van der Waals surface area contributed by atoms with Crippen LogP contribution in [0.15, 0.2) is 0 Å². The second-order valence-electron chi connectivity index (χ2n) is 4.12. The standard InChI is InChI=1S/C11H21ClN4S/c1-4-16(5-2)8-6-7-9(3)13-11-10(12)14-17-15-11/h9H,4-8H2,1-3H3,(H,13,15). The summed E-state index contributed by atoms with van der Waals surface area (Å²) < 4.78 is 8.04. The van der Waals surface area contributed by atoms with E-state index in [9.17, 15) is 0 Å². The maximum atomic E-state index is 5.88. The molecule has 1 N–H and O–H groups in total. The summed E-state index contributed by atoms with van der Waals surface area (Å²) in [6, 6.07) is 0.381. The molecule has 0 aromatic carbocycles. The van der Waals surface area contributed by atoms with Crippen LogP contribution >= 0.6 is 23.3 Å². The molecule has 6 heteroatoms. The minimum Gasteiger partial charge on any atom is -0.364 e. The molecule has 0 saturated heterocycles. The Kier molecular flexibility index (Phi) is 6.77. The summed E-state index contributed by atoms with van der Waals surface area (Å²) in [5, 5.41) is 3.76. The van der Waals surface area contributed by atoms with Gasteiger partial charge in [-0.25, -0.2) is 0 Å². The van der Waals surface area contributed by atoms with Crippen molar-refractivity contribution in [2.75, 3.05) is 25.0 Å². The van der Waals surface area contributed by atoms with Crippen LogP contribution in [0.3, 0.4) is 0 Å². The molecule has 1 heterocycles. The molecule has 1 unspecified atom stereocenters. The molecule has 1 aromatic rings. The third kappa shape index (κ3) is 5.19. The van der Waals surface area contributed by atoms with Crippen LogP contribution in [0.2, 0.25) is 5.15 Å². The Morgan fingerprint density at radius 3 is 2.59 bits per heavy atom. The van der Waals surface area contributed by atoms with Gasteiger partial charge in [0.15, 0.2) is 11.0 Å². The fraction of sp³-hybridized carbons (Fsp3) is 0.818. The Morgan fingerprint density at radius 2 is 2.06 bits per heavy atom.